The summed E-state index contributed by atoms with van der Waals surface area (Å²) in [5.41, 5.74) is 6.16. The lowest BCUT2D eigenvalue weighted by molar-refractivity contribution is 0.614. The zero-order valence-corrected chi connectivity index (χ0v) is 9.64. The number of aromatic nitrogens is 1. The average molecular weight is 236 g/mol. The van der Waals surface area contributed by atoms with Crippen LogP contribution in [0.4, 0.5) is 4.39 Å². The van der Waals surface area contributed by atoms with Crippen LogP contribution in [0.25, 0.3) is 0 Å². The van der Waals surface area contributed by atoms with E-state index in [4.69, 9.17) is 5.73 Å². The van der Waals surface area contributed by atoms with Gasteiger partial charge >= 0.3 is 0 Å². The number of hydrogen-bond acceptors (Lipinski definition) is 3. The molecule has 1 heterocycles. The number of nitrogens with zero attached hydrogens (tertiary/aromatic N) is 1. The fourth-order valence-corrected chi connectivity index (χ4v) is 2.45. The van der Waals surface area contributed by atoms with Crippen LogP contribution in [0.2, 0.25) is 0 Å². The molecule has 0 spiro atoms. The van der Waals surface area contributed by atoms with Crippen LogP contribution in [-0.2, 0) is 12.8 Å². The van der Waals surface area contributed by atoms with Crippen molar-refractivity contribution in [2.75, 3.05) is 6.54 Å². The number of rotatable bonds is 4. The number of benzene rings is 1. The molecule has 2 nitrogen and oxygen atoms in total. The smallest absolute Gasteiger partial charge is 0.126 e. The third-order valence-corrected chi connectivity index (χ3v) is 3.35. The summed E-state index contributed by atoms with van der Waals surface area (Å²) in [6.07, 6.45) is 3.23. The second-order valence-electron chi connectivity index (χ2n) is 3.53. The molecule has 0 fully saturated rings. The van der Waals surface area contributed by atoms with Crippen molar-refractivity contribution in [3.05, 3.63) is 51.7 Å². The number of hydrogen-bond donors (Lipinski definition) is 1. The Hall–Kier alpha value is -1.26. The minimum Gasteiger partial charge on any atom is -0.330 e. The largest absolute Gasteiger partial charge is 0.330 e. The Morgan fingerprint density at radius 3 is 2.88 bits per heavy atom. The summed E-state index contributed by atoms with van der Waals surface area (Å²) >= 11 is 1.60. The standard InChI is InChI=1S/C12H13FN2S/c13-11-4-2-1-3-9(11)7-12-15-8-10(16-12)5-6-14/h1-4,8H,5-7,14H2. The van der Waals surface area contributed by atoms with Gasteiger partial charge in [0.15, 0.2) is 0 Å². The van der Waals surface area contributed by atoms with Crippen molar-refractivity contribution in [2.45, 2.75) is 12.8 Å². The molecule has 0 unspecified atom stereocenters. The third-order valence-electron chi connectivity index (χ3n) is 2.29. The maximum atomic E-state index is 13.4. The third kappa shape index (κ3) is 2.65. The van der Waals surface area contributed by atoms with E-state index in [0.717, 1.165) is 16.3 Å². The van der Waals surface area contributed by atoms with Crippen LogP contribution in [-0.4, -0.2) is 11.5 Å². The Balaban J connectivity index is 2.11. The Labute approximate surface area is 97.9 Å². The van der Waals surface area contributed by atoms with Crippen LogP contribution >= 0.6 is 11.3 Å². The summed E-state index contributed by atoms with van der Waals surface area (Å²) in [5, 5.41) is 0.938. The van der Waals surface area contributed by atoms with E-state index in [2.05, 4.69) is 4.98 Å². The van der Waals surface area contributed by atoms with Crippen molar-refractivity contribution in [1.82, 2.24) is 4.98 Å². The summed E-state index contributed by atoms with van der Waals surface area (Å²) < 4.78 is 13.4. The first-order chi connectivity index (χ1) is 7.79. The zero-order chi connectivity index (χ0) is 11.4. The second kappa shape index (κ2) is 5.18. The van der Waals surface area contributed by atoms with E-state index in [9.17, 15) is 4.39 Å². The van der Waals surface area contributed by atoms with E-state index in [1.54, 1.807) is 23.5 Å². The maximum absolute atomic E-state index is 13.4. The molecule has 0 aliphatic heterocycles. The van der Waals surface area contributed by atoms with Crippen molar-refractivity contribution in [3.8, 4) is 0 Å². The monoisotopic (exact) mass is 236 g/mol. The van der Waals surface area contributed by atoms with Gasteiger partial charge in [-0.15, -0.1) is 11.3 Å². The number of halogens is 1. The predicted octanol–water partition coefficient (Wildman–Crippen LogP) is 2.37. The molecule has 2 aromatic rings. The lowest BCUT2D eigenvalue weighted by Crippen LogP contribution is -2.00. The molecule has 0 saturated heterocycles. The minimum absolute atomic E-state index is 0.168. The van der Waals surface area contributed by atoms with Crippen LogP contribution in [0.3, 0.4) is 0 Å². The Morgan fingerprint density at radius 1 is 1.31 bits per heavy atom. The Morgan fingerprint density at radius 2 is 2.12 bits per heavy atom. The topological polar surface area (TPSA) is 38.9 Å². The summed E-state index contributed by atoms with van der Waals surface area (Å²) in [5.74, 6) is -0.168. The van der Waals surface area contributed by atoms with Gasteiger partial charge in [-0.2, -0.15) is 0 Å². The highest BCUT2D eigenvalue weighted by Crippen LogP contribution is 2.18. The molecule has 0 bridgehead atoms. The van der Waals surface area contributed by atoms with Gasteiger partial charge in [-0.05, 0) is 24.6 Å². The molecular formula is C12H13FN2S. The van der Waals surface area contributed by atoms with Gasteiger partial charge in [-0.25, -0.2) is 9.37 Å². The van der Waals surface area contributed by atoms with Gasteiger partial charge in [0, 0.05) is 17.5 Å². The molecule has 0 aliphatic rings. The lowest BCUT2D eigenvalue weighted by Gasteiger charge is -1.98. The molecule has 2 N–H and O–H groups in total. The summed E-state index contributed by atoms with van der Waals surface area (Å²) in [4.78, 5) is 5.43. The zero-order valence-electron chi connectivity index (χ0n) is 8.82. The van der Waals surface area contributed by atoms with E-state index in [1.807, 2.05) is 12.3 Å². The van der Waals surface area contributed by atoms with E-state index in [-0.39, 0.29) is 5.82 Å². The highest BCUT2D eigenvalue weighted by Gasteiger charge is 2.06. The normalized spacial score (nSPS) is 10.6. The van der Waals surface area contributed by atoms with Crippen LogP contribution in [0.1, 0.15) is 15.4 Å². The maximum Gasteiger partial charge on any atom is 0.126 e. The molecule has 0 saturated carbocycles. The van der Waals surface area contributed by atoms with Crippen molar-refractivity contribution in [3.63, 3.8) is 0 Å². The molecule has 2 rings (SSSR count). The molecule has 0 radical (unpaired) electrons. The second-order valence-corrected chi connectivity index (χ2v) is 4.73. The van der Waals surface area contributed by atoms with E-state index >= 15 is 0 Å². The molecule has 4 heteroatoms. The van der Waals surface area contributed by atoms with Gasteiger partial charge < -0.3 is 5.73 Å². The van der Waals surface area contributed by atoms with Gasteiger partial charge in [0.05, 0.1) is 5.01 Å². The Kier molecular flexibility index (Phi) is 3.64. The van der Waals surface area contributed by atoms with E-state index in [0.29, 0.717) is 18.5 Å². The molecule has 1 aromatic carbocycles. The first kappa shape index (κ1) is 11.2. The Bertz CT molecular complexity index is 468. The van der Waals surface area contributed by atoms with Gasteiger partial charge in [-0.3, -0.25) is 0 Å². The first-order valence-electron chi connectivity index (χ1n) is 5.16. The molecule has 0 amide bonds. The SMILES string of the molecule is NCCc1cnc(Cc2ccccc2F)s1. The quantitative estimate of drug-likeness (QED) is 0.885. The highest BCUT2D eigenvalue weighted by molar-refractivity contribution is 7.11. The average Bonchev–Trinajstić information content (AvgIpc) is 2.70. The first-order valence-corrected chi connectivity index (χ1v) is 5.98. The van der Waals surface area contributed by atoms with Gasteiger partial charge in [0.1, 0.15) is 5.82 Å². The fourth-order valence-electron chi connectivity index (χ4n) is 1.49. The highest BCUT2D eigenvalue weighted by atomic mass is 32.1. The number of thiazole rings is 1. The van der Waals surface area contributed by atoms with Crippen molar-refractivity contribution in [1.29, 1.82) is 0 Å². The molecule has 0 atom stereocenters. The fraction of sp³-hybridized carbons (Fsp3) is 0.250. The van der Waals surface area contributed by atoms with Crippen molar-refractivity contribution >= 4 is 11.3 Å². The van der Waals surface area contributed by atoms with Crippen LogP contribution in [0, 0.1) is 5.82 Å². The summed E-state index contributed by atoms with van der Waals surface area (Å²) in [7, 11) is 0. The van der Waals surface area contributed by atoms with Gasteiger partial charge in [0.25, 0.3) is 0 Å². The van der Waals surface area contributed by atoms with Crippen LogP contribution in [0.5, 0.6) is 0 Å². The molecular weight excluding hydrogens is 223 g/mol. The minimum atomic E-state index is -0.168. The summed E-state index contributed by atoms with van der Waals surface area (Å²) in [6, 6.07) is 6.80. The van der Waals surface area contributed by atoms with Gasteiger partial charge in [0.2, 0.25) is 0 Å². The lowest BCUT2D eigenvalue weighted by atomic mass is 10.1. The predicted molar refractivity (Wildman–Crippen MR) is 64.1 cm³/mol. The molecule has 84 valence electrons. The summed E-state index contributed by atoms with van der Waals surface area (Å²) in [6.45, 7) is 0.626. The van der Waals surface area contributed by atoms with Crippen molar-refractivity contribution in [2.24, 2.45) is 5.73 Å². The van der Waals surface area contributed by atoms with Crippen LogP contribution in [0.15, 0.2) is 30.5 Å². The van der Waals surface area contributed by atoms with Crippen molar-refractivity contribution < 1.29 is 4.39 Å². The number of nitrogens with two attached hydrogens (primary N) is 1. The van der Waals surface area contributed by atoms with E-state index < -0.39 is 0 Å². The molecule has 0 aliphatic carbocycles. The molecule has 16 heavy (non-hydrogen) atoms. The molecule has 1 aromatic heterocycles. The van der Waals surface area contributed by atoms with Crippen LogP contribution < -0.4 is 5.73 Å². The van der Waals surface area contributed by atoms with Gasteiger partial charge in [-0.1, -0.05) is 18.2 Å². The van der Waals surface area contributed by atoms with E-state index in [1.165, 1.54) is 6.07 Å².